The van der Waals surface area contributed by atoms with E-state index in [-0.39, 0.29) is 47.0 Å². The van der Waals surface area contributed by atoms with Gasteiger partial charge >= 0.3 is 12.2 Å². The number of ether oxygens (including phenoxy) is 2. The highest BCUT2D eigenvalue weighted by atomic mass is 17.2. The molecule has 4 heterocycles. The van der Waals surface area contributed by atoms with E-state index in [4.69, 9.17) is 19.2 Å². The average Bonchev–Trinajstić information content (AvgIpc) is 3.71. The Bertz CT molecular complexity index is 1950. The summed E-state index contributed by atoms with van der Waals surface area (Å²) in [5.41, 5.74) is 10.3. The molecule has 14 nitrogen and oxygen atoms in total. The van der Waals surface area contributed by atoms with Crippen LogP contribution in [0, 0.1) is 27.7 Å². The van der Waals surface area contributed by atoms with E-state index >= 15 is 0 Å². The molecule has 0 bridgehead atoms. The van der Waals surface area contributed by atoms with Gasteiger partial charge in [0.15, 0.2) is 0 Å². The van der Waals surface area contributed by atoms with Gasteiger partial charge in [-0.3, -0.25) is 24.3 Å². The van der Waals surface area contributed by atoms with Crippen molar-refractivity contribution in [2.24, 2.45) is 0 Å². The lowest BCUT2D eigenvalue weighted by molar-refractivity contribution is -0.330. The third-order valence-corrected chi connectivity index (χ3v) is 11.3. The van der Waals surface area contributed by atoms with Gasteiger partial charge in [-0.2, -0.15) is 0 Å². The smallest absolute Gasteiger partial charge is 0.414 e. The third-order valence-electron chi connectivity index (χ3n) is 11.3. The molecule has 0 aromatic heterocycles. The molecule has 3 aromatic rings. The number of likely N-dealkylation sites (tertiary alicyclic amines) is 1. The van der Waals surface area contributed by atoms with Gasteiger partial charge in [-0.05, 0) is 90.9 Å². The summed E-state index contributed by atoms with van der Waals surface area (Å²) in [6.07, 6.45) is -1.39. The summed E-state index contributed by atoms with van der Waals surface area (Å²) in [6, 6.07) is 18.2. The van der Waals surface area contributed by atoms with Crippen molar-refractivity contribution in [3.8, 4) is 0 Å². The zero-order valence-electron chi connectivity index (χ0n) is 35.0. The first-order valence-corrected chi connectivity index (χ1v) is 20.0. The molecule has 4 aliphatic rings. The van der Waals surface area contributed by atoms with Crippen molar-refractivity contribution >= 4 is 35.4 Å². The highest BCUT2D eigenvalue weighted by Crippen LogP contribution is 2.40. The predicted octanol–water partition coefficient (Wildman–Crippen LogP) is 5.07. The maximum Gasteiger partial charge on any atom is 0.414 e. The first-order valence-electron chi connectivity index (χ1n) is 20.0. The van der Waals surface area contributed by atoms with E-state index < -0.39 is 0 Å². The molecule has 0 saturated carbocycles. The van der Waals surface area contributed by atoms with Crippen molar-refractivity contribution in [3.05, 3.63) is 93.5 Å². The number of nitrogens with zero attached hydrogens (tertiary/aromatic N) is 3. The molecule has 58 heavy (non-hydrogen) atoms. The topological polar surface area (TPSA) is 151 Å². The fourth-order valence-corrected chi connectivity index (χ4v) is 8.95. The molecule has 4 saturated heterocycles. The lowest BCUT2D eigenvalue weighted by atomic mass is 9.72. The molecule has 4 aliphatic heterocycles. The first-order chi connectivity index (χ1) is 27.5. The van der Waals surface area contributed by atoms with Crippen LogP contribution in [0.5, 0.6) is 0 Å². The molecule has 4 fully saturated rings. The maximum atomic E-state index is 12.4. The van der Waals surface area contributed by atoms with Crippen LogP contribution in [-0.4, -0.2) is 100 Å². The van der Waals surface area contributed by atoms with Gasteiger partial charge in [0, 0.05) is 62.2 Å². The summed E-state index contributed by atoms with van der Waals surface area (Å²) >= 11 is 0. The Morgan fingerprint density at radius 2 is 1.17 bits per heavy atom. The van der Waals surface area contributed by atoms with E-state index in [9.17, 15) is 19.2 Å². The number of benzene rings is 3. The van der Waals surface area contributed by atoms with Crippen LogP contribution in [0.3, 0.4) is 0 Å². The van der Waals surface area contributed by atoms with Crippen LogP contribution in [0.25, 0.3) is 0 Å². The molecule has 0 spiro atoms. The van der Waals surface area contributed by atoms with Gasteiger partial charge in [0.05, 0.1) is 26.2 Å². The maximum absolute atomic E-state index is 12.4. The van der Waals surface area contributed by atoms with Gasteiger partial charge in [0.25, 0.3) is 0 Å². The van der Waals surface area contributed by atoms with Gasteiger partial charge in [-0.1, -0.05) is 44.2 Å². The number of amides is 4. The second-order valence-electron chi connectivity index (χ2n) is 16.7. The molecular weight excluding hydrogens is 741 g/mol. The number of carbonyl (C=O) groups is 4. The predicted molar refractivity (Wildman–Crippen MR) is 221 cm³/mol. The van der Waals surface area contributed by atoms with Crippen molar-refractivity contribution in [3.63, 3.8) is 0 Å². The standard InChI is InChI=1S/C26H33N3O5.C18H25N3O3/c1-18-10-22(29-13-23(34-25(29)31)12-27-20(3)30)11-19(2)24(18)26(4)15-28(16-26)17-33-32-14-21-8-6-5-7-9-21;1-11-5-14(6-12(2)16(11)18(4)9-19-10-18)21-8-15(24-17(21)23)7-20-13(3)22/h5-11,23H,12-17H2,1-4H3,(H,27,30);5-6,15,19H,7-10H2,1-4H3,(H,20,22)/t23-;15-/m00/s1. The van der Waals surface area contributed by atoms with E-state index in [0.29, 0.717) is 39.5 Å². The van der Waals surface area contributed by atoms with Crippen LogP contribution in [0.15, 0.2) is 54.6 Å². The summed E-state index contributed by atoms with van der Waals surface area (Å²) in [5.74, 6) is -0.260. The van der Waals surface area contributed by atoms with Gasteiger partial charge < -0.3 is 25.4 Å². The van der Waals surface area contributed by atoms with Crippen molar-refractivity contribution in [2.75, 3.05) is 68.9 Å². The Kier molecular flexibility index (Phi) is 13.1. The third kappa shape index (κ3) is 9.80. The minimum absolute atomic E-state index is 0.00888. The summed E-state index contributed by atoms with van der Waals surface area (Å²) in [6.45, 7) is 21.9. The lowest BCUT2D eigenvalue weighted by Crippen LogP contribution is -2.58. The number of anilines is 2. The summed E-state index contributed by atoms with van der Waals surface area (Å²) in [4.78, 5) is 63.1. The van der Waals surface area contributed by atoms with Crippen molar-refractivity contribution in [1.29, 1.82) is 0 Å². The normalized spacial score (nSPS) is 20.6. The van der Waals surface area contributed by atoms with Gasteiger partial charge in [-0.25, -0.2) is 19.4 Å². The van der Waals surface area contributed by atoms with Gasteiger partial charge in [-0.15, -0.1) is 0 Å². The van der Waals surface area contributed by atoms with Crippen LogP contribution in [0.1, 0.15) is 66.6 Å². The highest BCUT2D eigenvalue weighted by molar-refractivity contribution is 5.91. The van der Waals surface area contributed by atoms with Crippen LogP contribution in [0.4, 0.5) is 21.0 Å². The molecule has 3 aromatic carbocycles. The Hall–Kier alpha value is -5.02. The Labute approximate surface area is 341 Å². The fourth-order valence-electron chi connectivity index (χ4n) is 8.95. The second kappa shape index (κ2) is 17.9. The molecule has 312 valence electrons. The van der Waals surface area contributed by atoms with E-state index in [1.807, 2.05) is 30.3 Å². The van der Waals surface area contributed by atoms with E-state index in [2.05, 4.69) is 86.7 Å². The quantitative estimate of drug-likeness (QED) is 0.122. The number of hydrogen-bond acceptors (Lipinski definition) is 10. The summed E-state index contributed by atoms with van der Waals surface area (Å²) in [5, 5.41) is 8.75. The van der Waals surface area contributed by atoms with Gasteiger partial charge in [0.2, 0.25) is 11.8 Å². The molecule has 3 N–H and O–H groups in total. The van der Waals surface area contributed by atoms with Crippen LogP contribution >= 0.6 is 0 Å². The number of nitrogens with one attached hydrogen (secondary N) is 3. The number of cyclic esters (lactones) is 2. The van der Waals surface area contributed by atoms with E-state index in [1.165, 1.54) is 36.1 Å². The zero-order chi connectivity index (χ0) is 41.8. The molecule has 4 amide bonds. The molecule has 0 unspecified atom stereocenters. The molecule has 0 radical (unpaired) electrons. The number of rotatable bonds is 13. The minimum atomic E-state index is -0.379. The molecular formula is C44H58N6O8. The highest BCUT2D eigenvalue weighted by Gasteiger charge is 2.43. The monoisotopic (exact) mass is 798 g/mol. The molecule has 0 aliphatic carbocycles. The average molecular weight is 799 g/mol. The van der Waals surface area contributed by atoms with E-state index in [0.717, 1.165) is 54.2 Å². The Morgan fingerprint density at radius 3 is 1.59 bits per heavy atom. The first kappa shape index (κ1) is 42.6. The van der Waals surface area contributed by atoms with Gasteiger partial charge in [0.1, 0.15) is 25.5 Å². The van der Waals surface area contributed by atoms with Crippen LogP contribution in [0.2, 0.25) is 0 Å². The van der Waals surface area contributed by atoms with Crippen molar-refractivity contribution < 1.29 is 38.4 Å². The van der Waals surface area contributed by atoms with E-state index in [1.54, 1.807) is 9.80 Å². The summed E-state index contributed by atoms with van der Waals surface area (Å²) < 4.78 is 10.8. The Morgan fingerprint density at radius 1 is 0.724 bits per heavy atom. The van der Waals surface area contributed by atoms with Crippen LogP contribution in [-0.2, 0) is 46.3 Å². The zero-order valence-corrected chi connectivity index (χ0v) is 35.0. The van der Waals surface area contributed by atoms with Crippen molar-refractivity contribution in [1.82, 2.24) is 20.9 Å². The Balaban J connectivity index is 0.000000208. The molecule has 14 heteroatoms. The number of carbonyl (C=O) groups excluding carboxylic acids is 4. The summed E-state index contributed by atoms with van der Waals surface area (Å²) in [7, 11) is 0. The number of hydrogen-bond donors (Lipinski definition) is 3. The van der Waals surface area contributed by atoms with Crippen molar-refractivity contribution in [2.45, 2.75) is 85.0 Å². The number of aryl methyl sites for hydroxylation is 4. The van der Waals surface area contributed by atoms with Crippen LogP contribution < -0.4 is 25.8 Å². The molecule has 7 rings (SSSR count). The molecule has 2 atom stereocenters. The minimum Gasteiger partial charge on any atom is -0.442 e. The second-order valence-corrected chi connectivity index (χ2v) is 16.7. The lowest BCUT2D eigenvalue weighted by Gasteiger charge is -2.49. The fraction of sp³-hybridized carbons (Fsp3) is 0.500. The SMILES string of the molecule is CC(=O)NC[C@H]1CN(c2cc(C)c(C3(C)CN(COOCc4ccccc4)C3)c(C)c2)C(=O)O1.CC(=O)NC[C@H]1CN(c2cc(C)c(C3(C)CNC3)c(C)c2)C(=O)O1. The largest absolute Gasteiger partial charge is 0.442 e.